The van der Waals surface area contributed by atoms with Crippen LogP contribution in [0.3, 0.4) is 0 Å². The molecule has 0 radical (unpaired) electrons. The topological polar surface area (TPSA) is 60.2 Å². The third-order valence-corrected chi connectivity index (χ3v) is 4.66. The fraction of sp³-hybridized carbons (Fsp3) is 0.318. The second kappa shape index (κ2) is 8.69. The number of amides is 1. The zero-order valence-electron chi connectivity index (χ0n) is 16.8. The number of ether oxygens (including phenoxy) is 1. The number of aryl methyl sites for hydroxylation is 1. The first-order valence-corrected chi connectivity index (χ1v) is 9.39. The number of benzene rings is 1. The van der Waals surface area contributed by atoms with Gasteiger partial charge in [-0.1, -0.05) is 19.9 Å². The smallest absolute Gasteiger partial charge is 0.276 e. The van der Waals surface area contributed by atoms with E-state index < -0.39 is 0 Å². The van der Waals surface area contributed by atoms with Gasteiger partial charge in [0.15, 0.2) is 0 Å². The third kappa shape index (κ3) is 4.39. The fourth-order valence-electron chi connectivity index (χ4n) is 2.99. The largest absolute Gasteiger partial charge is 0.497 e. The number of carbonyl (C=O) groups excluding carboxylic acids is 1. The van der Waals surface area contributed by atoms with Crippen LogP contribution in [-0.4, -0.2) is 34.3 Å². The van der Waals surface area contributed by atoms with E-state index >= 15 is 0 Å². The predicted octanol–water partition coefficient (Wildman–Crippen LogP) is 3.84. The number of anilines is 1. The first-order chi connectivity index (χ1) is 13.5. The van der Waals surface area contributed by atoms with Gasteiger partial charge in [0, 0.05) is 37.6 Å². The Balaban J connectivity index is 1.91. The van der Waals surface area contributed by atoms with Gasteiger partial charge in [-0.2, -0.15) is 5.10 Å². The van der Waals surface area contributed by atoms with Crippen LogP contribution < -0.4 is 9.64 Å². The molecule has 0 fully saturated rings. The quantitative estimate of drug-likeness (QED) is 0.627. The maximum atomic E-state index is 13.4. The second-order valence-electron chi connectivity index (χ2n) is 6.96. The lowest BCUT2D eigenvalue weighted by atomic mass is 10.1. The number of carbonyl (C=O) groups is 1. The summed E-state index contributed by atoms with van der Waals surface area (Å²) in [7, 11) is 3.44. The van der Waals surface area contributed by atoms with Gasteiger partial charge in [-0.25, -0.2) is 0 Å². The molecule has 0 aliphatic rings. The van der Waals surface area contributed by atoms with Crippen molar-refractivity contribution in [2.75, 3.05) is 18.6 Å². The molecule has 0 aliphatic heterocycles. The molecule has 3 rings (SSSR count). The molecule has 1 aromatic carbocycles. The molecule has 0 spiro atoms. The Kier molecular flexibility index (Phi) is 6.09. The normalized spacial score (nSPS) is 10.9. The van der Waals surface area contributed by atoms with E-state index in [2.05, 4.69) is 23.9 Å². The van der Waals surface area contributed by atoms with Crippen LogP contribution in [0.25, 0.3) is 0 Å². The summed E-state index contributed by atoms with van der Waals surface area (Å²) in [5.74, 6) is 0.933. The van der Waals surface area contributed by atoms with Crippen molar-refractivity contribution in [3.05, 3.63) is 71.8 Å². The van der Waals surface area contributed by atoms with Crippen molar-refractivity contribution in [2.24, 2.45) is 7.05 Å². The minimum absolute atomic E-state index is 0.0806. The Morgan fingerprint density at radius 3 is 2.50 bits per heavy atom. The fourth-order valence-corrected chi connectivity index (χ4v) is 2.99. The lowest BCUT2D eigenvalue weighted by Crippen LogP contribution is -2.34. The predicted molar refractivity (Wildman–Crippen MR) is 110 cm³/mol. The number of hydrogen-bond donors (Lipinski definition) is 0. The molecule has 0 aliphatic carbocycles. The van der Waals surface area contributed by atoms with Crippen molar-refractivity contribution >= 4 is 11.6 Å². The number of aromatic nitrogens is 3. The van der Waals surface area contributed by atoms with Crippen LogP contribution in [0.4, 0.5) is 5.69 Å². The summed E-state index contributed by atoms with van der Waals surface area (Å²) in [5.41, 5.74) is 3.24. The van der Waals surface area contributed by atoms with E-state index in [1.165, 1.54) is 0 Å². The summed E-state index contributed by atoms with van der Waals surface area (Å²) in [6, 6.07) is 15.2. The van der Waals surface area contributed by atoms with Crippen LogP contribution >= 0.6 is 0 Å². The summed E-state index contributed by atoms with van der Waals surface area (Å²) in [4.78, 5) is 19.5. The molecular formula is C22H26N4O2. The van der Waals surface area contributed by atoms with Crippen LogP contribution in [0, 0.1) is 0 Å². The molecule has 3 aromatic rings. The van der Waals surface area contributed by atoms with E-state index in [0.29, 0.717) is 18.7 Å². The van der Waals surface area contributed by atoms with Gasteiger partial charge in [0.1, 0.15) is 11.4 Å². The number of nitrogens with zero attached hydrogens (tertiary/aromatic N) is 4. The Hall–Kier alpha value is -3.15. The van der Waals surface area contributed by atoms with Gasteiger partial charge in [0.05, 0.1) is 12.8 Å². The summed E-state index contributed by atoms with van der Waals surface area (Å²) >= 11 is 0. The summed E-state index contributed by atoms with van der Waals surface area (Å²) in [6.07, 6.45) is 2.43. The Bertz CT molecular complexity index is 917. The molecular weight excluding hydrogens is 352 g/mol. The van der Waals surface area contributed by atoms with Gasteiger partial charge < -0.3 is 9.64 Å². The van der Waals surface area contributed by atoms with Gasteiger partial charge in [0.2, 0.25) is 0 Å². The Morgan fingerprint density at radius 1 is 1.18 bits per heavy atom. The van der Waals surface area contributed by atoms with Crippen LogP contribution in [0.5, 0.6) is 5.75 Å². The molecule has 0 saturated heterocycles. The van der Waals surface area contributed by atoms with Crippen molar-refractivity contribution in [1.82, 2.24) is 14.8 Å². The lowest BCUT2D eigenvalue weighted by Gasteiger charge is -2.23. The molecule has 0 bridgehead atoms. The highest BCUT2D eigenvalue weighted by Gasteiger charge is 2.22. The zero-order chi connectivity index (χ0) is 20.1. The first-order valence-electron chi connectivity index (χ1n) is 9.39. The van der Waals surface area contributed by atoms with Crippen LogP contribution in [0.2, 0.25) is 0 Å². The molecule has 2 aromatic heterocycles. The van der Waals surface area contributed by atoms with Crippen molar-refractivity contribution in [2.45, 2.75) is 26.2 Å². The lowest BCUT2D eigenvalue weighted by molar-refractivity contribution is 0.0978. The van der Waals surface area contributed by atoms with Crippen molar-refractivity contribution in [3.8, 4) is 5.75 Å². The molecule has 0 atom stereocenters. The van der Waals surface area contributed by atoms with Gasteiger partial charge in [0.25, 0.3) is 5.91 Å². The van der Waals surface area contributed by atoms with E-state index in [0.717, 1.165) is 22.8 Å². The Morgan fingerprint density at radius 2 is 1.93 bits per heavy atom. The standard InChI is InChI=1S/C22H26N4O2/c1-16(2)20-15-21(25(3)24-20)22(27)26(14-12-17-7-5-6-13-23-17)18-8-10-19(28-4)11-9-18/h5-11,13,15-16H,12,14H2,1-4H3. The highest BCUT2D eigenvalue weighted by atomic mass is 16.5. The maximum absolute atomic E-state index is 13.4. The first kappa shape index (κ1) is 19.6. The summed E-state index contributed by atoms with van der Waals surface area (Å²) in [5, 5.41) is 4.49. The summed E-state index contributed by atoms with van der Waals surface area (Å²) < 4.78 is 6.91. The minimum Gasteiger partial charge on any atom is -0.497 e. The van der Waals surface area contributed by atoms with Gasteiger partial charge >= 0.3 is 0 Å². The highest BCUT2D eigenvalue weighted by Crippen LogP contribution is 2.23. The molecule has 0 saturated carbocycles. The van der Waals surface area contributed by atoms with E-state index in [4.69, 9.17) is 4.74 Å². The average Bonchev–Trinajstić information content (AvgIpc) is 3.11. The Labute approximate surface area is 165 Å². The summed E-state index contributed by atoms with van der Waals surface area (Å²) in [6.45, 7) is 4.65. The van der Waals surface area contributed by atoms with Crippen LogP contribution in [-0.2, 0) is 13.5 Å². The molecule has 0 N–H and O–H groups in total. The minimum atomic E-state index is -0.0806. The monoisotopic (exact) mass is 378 g/mol. The molecule has 2 heterocycles. The van der Waals surface area contributed by atoms with Gasteiger partial charge in [-0.05, 0) is 48.4 Å². The van der Waals surface area contributed by atoms with E-state index in [1.54, 1.807) is 22.9 Å². The number of hydrogen-bond acceptors (Lipinski definition) is 4. The number of rotatable bonds is 7. The van der Waals surface area contributed by atoms with Crippen LogP contribution in [0.15, 0.2) is 54.7 Å². The number of methoxy groups -OCH3 is 1. The highest BCUT2D eigenvalue weighted by molar-refractivity contribution is 6.05. The molecule has 1 amide bonds. The van der Waals surface area contributed by atoms with Gasteiger partial charge in [-0.3, -0.25) is 14.5 Å². The van der Waals surface area contributed by atoms with E-state index in [9.17, 15) is 4.79 Å². The van der Waals surface area contributed by atoms with E-state index in [-0.39, 0.29) is 11.8 Å². The zero-order valence-corrected chi connectivity index (χ0v) is 16.8. The SMILES string of the molecule is COc1ccc(N(CCc2ccccn2)C(=O)c2cc(C(C)C)nn2C)cc1. The van der Waals surface area contributed by atoms with Crippen LogP contribution in [0.1, 0.15) is 41.6 Å². The average molecular weight is 378 g/mol. The molecule has 6 nitrogen and oxygen atoms in total. The molecule has 6 heteroatoms. The maximum Gasteiger partial charge on any atom is 0.276 e. The number of pyridine rings is 1. The molecule has 28 heavy (non-hydrogen) atoms. The van der Waals surface area contributed by atoms with Gasteiger partial charge in [-0.15, -0.1) is 0 Å². The molecule has 146 valence electrons. The van der Waals surface area contributed by atoms with E-state index in [1.807, 2.05) is 55.6 Å². The van der Waals surface area contributed by atoms with Crippen molar-refractivity contribution < 1.29 is 9.53 Å². The third-order valence-electron chi connectivity index (χ3n) is 4.66. The van der Waals surface area contributed by atoms with Crippen molar-refractivity contribution in [3.63, 3.8) is 0 Å². The second-order valence-corrected chi connectivity index (χ2v) is 6.96. The molecule has 0 unspecified atom stereocenters. The van der Waals surface area contributed by atoms with Crippen molar-refractivity contribution in [1.29, 1.82) is 0 Å².